The lowest BCUT2D eigenvalue weighted by Gasteiger charge is -2.09. The lowest BCUT2D eigenvalue weighted by atomic mass is 10.3. The highest BCUT2D eigenvalue weighted by Crippen LogP contribution is 2.24. The molecular formula is C11H15N3S2. The van der Waals surface area contributed by atoms with E-state index in [9.17, 15) is 0 Å². The molecule has 0 spiro atoms. The fraction of sp³-hybridized carbons (Fsp3) is 0.455. The Bertz CT molecular complexity index is 461. The molecule has 0 saturated carbocycles. The normalized spacial score (nSPS) is 12.7. The van der Waals surface area contributed by atoms with E-state index in [1.807, 2.05) is 6.92 Å². The lowest BCUT2D eigenvalue weighted by molar-refractivity contribution is 0.859. The molecule has 0 radical (unpaired) electrons. The Morgan fingerprint density at radius 3 is 2.69 bits per heavy atom. The van der Waals surface area contributed by atoms with Gasteiger partial charge in [-0.25, -0.2) is 9.97 Å². The second kappa shape index (κ2) is 4.93. The third-order valence-corrected chi connectivity index (χ3v) is 4.23. The summed E-state index contributed by atoms with van der Waals surface area (Å²) in [6, 6.07) is 0.231. The predicted octanol–water partition coefficient (Wildman–Crippen LogP) is 3.64. The highest BCUT2D eigenvalue weighted by atomic mass is 32.1. The molecule has 16 heavy (non-hydrogen) atoms. The van der Waals surface area contributed by atoms with Crippen LogP contribution in [0.15, 0.2) is 10.8 Å². The fourth-order valence-electron chi connectivity index (χ4n) is 1.35. The van der Waals surface area contributed by atoms with Crippen molar-refractivity contribution in [1.29, 1.82) is 0 Å². The zero-order valence-corrected chi connectivity index (χ0v) is 11.3. The molecule has 1 atom stereocenters. The van der Waals surface area contributed by atoms with Gasteiger partial charge in [-0.3, -0.25) is 0 Å². The van der Waals surface area contributed by atoms with Gasteiger partial charge >= 0.3 is 0 Å². The van der Waals surface area contributed by atoms with Gasteiger partial charge < -0.3 is 5.32 Å². The van der Waals surface area contributed by atoms with E-state index in [1.54, 1.807) is 22.7 Å². The van der Waals surface area contributed by atoms with Gasteiger partial charge in [0.05, 0.1) is 11.7 Å². The van der Waals surface area contributed by atoms with Gasteiger partial charge in [0.1, 0.15) is 5.01 Å². The second-order valence-corrected chi connectivity index (χ2v) is 5.44. The van der Waals surface area contributed by atoms with Crippen LogP contribution in [0.25, 0.3) is 0 Å². The highest BCUT2D eigenvalue weighted by molar-refractivity contribution is 7.13. The summed E-state index contributed by atoms with van der Waals surface area (Å²) in [7, 11) is 0. The van der Waals surface area contributed by atoms with Crippen molar-refractivity contribution in [3.8, 4) is 0 Å². The van der Waals surface area contributed by atoms with Crippen LogP contribution in [0.5, 0.6) is 0 Å². The Kier molecular flexibility index (Phi) is 3.56. The minimum absolute atomic E-state index is 0.231. The number of nitrogens with one attached hydrogen (secondary N) is 1. The standard InChI is InChI=1S/C11H15N3S2/c1-4-9-6-16-11(14-9)13-8(3)10-12-7(2)5-15-10/h5-6,8H,4H2,1-3H3,(H,13,14). The van der Waals surface area contributed by atoms with Gasteiger partial charge in [-0.05, 0) is 20.3 Å². The molecule has 5 heteroatoms. The van der Waals surface area contributed by atoms with E-state index in [2.05, 4.69) is 39.9 Å². The molecule has 1 N–H and O–H groups in total. The van der Waals surface area contributed by atoms with Crippen molar-refractivity contribution < 1.29 is 0 Å². The molecule has 0 bridgehead atoms. The van der Waals surface area contributed by atoms with Gasteiger partial charge in [-0.2, -0.15) is 0 Å². The van der Waals surface area contributed by atoms with Gasteiger partial charge in [-0.15, -0.1) is 22.7 Å². The largest absolute Gasteiger partial charge is 0.353 e. The molecule has 0 aliphatic carbocycles. The van der Waals surface area contributed by atoms with Crippen LogP contribution in [-0.4, -0.2) is 9.97 Å². The first-order valence-corrected chi connectivity index (χ1v) is 7.08. The molecule has 0 fully saturated rings. The molecule has 0 saturated heterocycles. The Hall–Kier alpha value is -0.940. The van der Waals surface area contributed by atoms with E-state index >= 15 is 0 Å². The number of nitrogens with zero attached hydrogens (tertiary/aromatic N) is 2. The predicted molar refractivity (Wildman–Crippen MR) is 70.4 cm³/mol. The molecular weight excluding hydrogens is 238 g/mol. The smallest absolute Gasteiger partial charge is 0.183 e. The van der Waals surface area contributed by atoms with E-state index < -0.39 is 0 Å². The Balaban J connectivity index is 2.04. The van der Waals surface area contributed by atoms with Gasteiger partial charge in [0.2, 0.25) is 0 Å². The summed E-state index contributed by atoms with van der Waals surface area (Å²) >= 11 is 3.35. The molecule has 1 unspecified atom stereocenters. The monoisotopic (exact) mass is 253 g/mol. The quantitative estimate of drug-likeness (QED) is 0.904. The molecule has 3 nitrogen and oxygen atoms in total. The molecule has 2 heterocycles. The van der Waals surface area contributed by atoms with Gasteiger partial charge in [0, 0.05) is 16.5 Å². The maximum absolute atomic E-state index is 4.49. The Labute approximate surface area is 104 Å². The number of aromatic nitrogens is 2. The topological polar surface area (TPSA) is 37.8 Å². The van der Waals surface area contributed by atoms with Gasteiger partial charge in [0.15, 0.2) is 5.13 Å². The number of hydrogen-bond donors (Lipinski definition) is 1. The van der Waals surface area contributed by atoms with Crippen molar-refractivity contribution in [3.63, 3.8) is 0 Å². The van der Waals surface area contributed by atoms with Crippen LogP contribution in [0.1, 0.15) is 36.3 Å². The summed E-state index contributed by atoms with van der Waals surface area (Å²) in [5, 5.41) is 9.66. The summed E-state index contributed by atoms with van der Waals surface area (Å²) in [6.07, 6.45) is 0.989. The van der Waals surface area contributed by atoms with Crippen LogP contribution in [0.3, 0.4) is 0 Å². The maximum Gasteiger partial charge on any atom is 0.183 e. The van der Waals surface area contributed by atoms with Crippen molar-refractivity contribution in [1.82, 2.24) is 9.97 Å². The minimum atomic E-state index is 0.231. The first-order valence-electron chi connectivity index (χ1n) is 5.32. The summed E-state index contributed by atoms with van der Waals surface area (Å²) in [6.45, 7) is 6.25. The van der Waals surface area contributed by atoms with Crippen LogP contribution in [0.2, 0.25) is 0 Å². The molecule has 2 rings (SSSR count). The highest BCUT2D eigenvalue weighted by Gasteiger charge is 2.10. The van der Waals surface area contributed by atoms with Crippen molar-refractivity contribution in [3.05, 3.63) is 27.2 Å². The van der Waals surface area contributed by atoms with E-state index in [1.165, 1.54) is 0 Å². The van der Waals surface area contributed by atoms with E-state index in [4.69, 9.17) is 0 Å². The third kappa shape index (κ3) is 2.59. The van der Waals surface area contributed by atoms with Crippen LogP contribution < -0.4 is 5.32 Å². The van der Waals surface area contributed by atoms with E-state index in [0.29, 0.717) is 0 Å². The number of aryl methyl sites for hydroxylation is 2. The van der Waals surface area contributed by atoms with Crippen molar-refractivity contribution in [2.75, 3.05) is 5.32 Å². The number of hydrogen-bond acceptors (Lipinski definition) is 5. The fourth-order valence-corrected chi connectivity index (χ4v) is 3.04. The SMILES string of the molecule is CCc1csc(NC(C)c2nc(C)cs2)n1. The molecule has 0 aliphatic rings. The van der Waals surface area contributed by atoms with Crippen LogP contribution in [0, 0.1) is 6.92 Å². The number of rotatable bonds is 4. The third-order valence-electron chi connectivity index (χ3n) is 2.26. The van der Waals surface area contributed by atoms with E-state index in [0.717, 1.165) is 27.9 Å². The van der Waals surface area contributed by atoms with Crippen LogP contribution in [-0.2, 0) is 6.42 Å². The average molecular weight is 253 g/mol. The maximum atomic E-state index is 4.49. The molecule has 0 aliphatic heterocycles. The van der Waals surface area contributed by atoms with Crippen molar-refractivity contribution in [2.45, 2.75) is 33.2 Å². The second-order valence-electron chi connectivity index (χ2n) is 3.69. The lowest BCUT2D eigenvalue weighted by Crippen LogP contribution is -2.06. The summed E-state index contributed by atoms with van der Waals surface area (Å²) in [5.41, 5.74) is 2.23. The molecule has 0 aromatic carbocycles. The van der Waals surface area contributed by atoms with E-state index in [-0.39, 0.29) is 6.04 Å². The number of anilines is 1. The van der Waals surface area contributed by atoms with Crippen LogP contribution >= 0.6 is 22.7 Å². The molecule has 86 valence electrons. The van der Waals surface area contributed by atoms with Gasteiger partial charge in [-0.1, -0.05) is 6.92 Å². The molecule has 2 aromatic heterocycles. The summed E-state index contributed by atoms with van der Waals surface area (Å²) in [4.78, 5) is 8.95. The molecule has 2 aromatic rings. The summed E-state index contributed by atoms with van der Waals surface area (Å²) in [5.74, 6) is 0. The minimum Gasteiger partial charge on any atom is -0.353 e. The van der Waals surface area contributed by atoms with Crippen molar-refractivity contribution >= 4 is 27.8 Å². The first kappa shape index (κ1) is 11.5. The first-order chi connectivity index (χ1) is 7.69. The van der Waals surface area contributed by atoms with Gasteiger partial charge in [0.25, 0.3) is 0 Å². The van der Waals surface area contributed by atoms with Crippen molar-refractivity contribution in [2.24, 2.45) is 0 Å². The number of thiazole rings is 2. The molecule has 0 amide bonds. The summed E-state index contributed by atoms with van der Waals surface area (Å²) < 4.78 is 0. The van der Waals surface area contributed by atoms with Crippen LogP contribution in [0.4, 0.5) is 5.13 Å². The average Bonchev–Trinajstić information content (AvgIpc) is 2.87. The Morgan fingerprint density at radius 2 is 2.12 bits per heavy atom. The zero-order chi connectivity index (χ0) is 11.5. The Morgan fingerprint density at radius 1 is 1.31 bits per heavy atom. The zero-order valence-electron chi connectivity index (χ0n) is 9.65.